The molecular formula is C14H16N2O2. The summed E-state index contributed by atoms with van der Waals surface area (Å²) in [6.45, 7) is 0. The van der Waals surface area contributed by atoms with Crippen molar-refractivity contribution in [2.75, 3.05) is 7.11 Å². The van der Waals surface area contributed by atoms with Gasteiger partial charge in [0.15, 0.2) is 0 Å². The predicted octanol–water partition coefficient (Wildman–Crippen LogP) is 2.05. The zero-order chi connectivity index (χ0) is 13.0. The summed E-state index contributed by atoms with van der Waals surface area (Å²) in [5, 5.41) is 1.07. The first-order valence-corrected chi connectivity index (χ1v) is 5.90. The van der Waals surface area contributed by atoms with Gasteiger partial charge in [0.25, 0.3) is 0 Å². The van der Waals surface area contributed by atoms with Crippen LogP contribution >= 0.6 is 0 Å². The summed E-state index contributed by atoms with van der Waals surface area (Å²) in [5.41, 5.74) is 7.25. The number of amides is 1. The summed E-state index contributed by atoms with van der Waals surface area (Å²) in [4.78, 5) is 15.1. The lowest BCUT2D eigenvalue weighted by Gasteiger charge is -2.07. The molecule has 0 atom stereocenters. The molecule has 0 saturated carbocycles. The number of ether oxygens (including phenoxy) is 1. The maximum atomic E-state index is 10.7. The minimum atomic E-state index is -0.258. The third kappa shape index (κ3) is 2.77. The summed E-state index contributed by atoms with van der Waals surface area (Å²) in [5.74, 6) is 0.553. The van der Waals surface area contributed by atoms with Gasteiger partial charge in [0.2, 0.25) is 5.91 Å². The van der Waals surface area contributed by atoms with Gasteiger partial charge in [0.05, 0.1) is 12.6 Å². The number of hydrogen-bond acceptors (Lipinski definition) is 3. The Labute approximate surface area is 106 Å². The molecule has 0 aliphatic heterocycles. The van der Waals surface area contributed by atoms with Crippen molar-refractivity contribution in [3.05, 3.63) is 36.0 Å². The van der Waals surface area contributed by atoms with Crippen LogP contribution in [0.4, 0.5) is 0 Å². The number of fused-ring (bicyclic) bond motifs is 1. The number of rotatable bonds is 5. The van der Waals surface area contributed by atoms with Gasteiger partial charge in [-0.25, -0.2) is 0 Å². The van der Waals surface area contributed by atoms with E-state index in [9.17, 15) is 4.79 Å². The predicted molar refractivity (Wildman–Crippen MR) is 70.4 cm³/mol. The first-order chi connectivity index (χ1) is 8.70. The maximum absolute atomic E-state index is 10.7. The Balaban J connectivity index is 2.28. The number of aryl methyl sites for hydroxylation is 1. The summed E-state index contributed by atoms with van der Waals surface area (Å²) in [6, 6.07) is 7.78. The lowest BCUT2D eigenvalue weighted by atomic mass is 10.0. The Morgan fingerprint density at radius 2 is 2.22 bits per heavy atom. The molecule has 1 aromatic carbocycles. The zero-order valence-corrected chi connectivity index (χ0v) is 10.3. The van der Waals surface area contributed by atoms with Crippen molar-refractivity contribution in [1.29, 1.82) is 0 Å². The van der Waals surface area contributed by atoms with Crippen molar-refractivity contribution in [2.45, 2.75) is 19.3 Å². The molecule has 0 fully saturated rings. The number of carbonyl (C=O) groups excluding carboxylic acids is 1. The Morgan fingerprint density at radius 1 is 1.39 bits per heavy atom. The van der Waals surface area contributed by atoms with E-state index in [1.54, 1.807) is 13.3 Å². The Bertz CT molecular complexity index is 567. The zero-order valence-electron chi connectivity index (χ0n) is 10.3. The molecule has 1 amide bonds. The number of aromatic nitrogens is 1. The van der Waals surface area contributed by atoms with Gasteiger partial charge >= 0.3 is 0 Å². The Hall–Kier alpha value is -2.10. The van der Waals surface area contributed by atoms with Gasteiger partial charge in [-0.3, -0.25) is 9.78 Å². The number of carbonyl (C=O) groups is 1. The normalized spacial score (nSPS) is 10.5. The van der Waals surface area contributed by atoms with Crippen LogP contribution in [-0.4, -0.2) is 18.0 Å². The molecule has 0 bridgehead atoms. The first-order valence-electron chi connectivity index (χ1n) is 5.90. The van der Waals surface area contributed by atoms with Crippen LogP contribution in [0.1, 0.15) is 18.4 Å². The molecule has 0 unspecified atom stereocenters. The minimum absolute atomic E-state index is 0.258. The van der Waals surface area contributed by atoms with E-state index in [-0.39, 0.29) is 5.91 Å². The molecule has 0 spiro atoms. The molecule has 2 aromatic rings. The van der Waals surface area contributed by atoms with Gasteiger partial charge in [0.1, 0.15) is 5.75 Å². The lowest BCUT2D eigenvalue weighted by Crippen LogP contribution is -2.10. The summed E-state index contributed by atoms with van der Waals surface area (Å²) in [7, 11) is 1.64. The van der Waals surface area contributed by atoms with E-state index in [2.05, 4.69) is 4.98 Å². The van der Waals surface area contributed by atoms with Gasteiger partial charge in [0, 0.05) is 18.0 Å². The Morgan fingerprint density at radius 3 is 2.94 bits per heavy atom. The molecule has 18 heavy (non-hydrogen) atoms. The van der Waals surface area contributed by atoms with Crippen LogP contribution in [0, 0.1) is 0 Å². The van der Waals surface area contributed by atoms with Gasteiger partial charge < -0.3 is 10.5 Å². The summed E-state index contributed by atoms with van der Waals surface area (Å²) >= 11 is 0. The SMILES string of the molecule is COc1ccc2nccc(CCCC(N)=O)c2c1. The van der Waals surface area contributed by atoms with Gasteiger partial charge in [-0.05, 0) is 42.7 Å². The maximum Gasteiger partial charge on any atom is 0.217 e. The van der Waals surface area contributed by atoms with E-state index in [1.165, 1.54) is 5.56 Å². The standard InChI is InChI=1S/C14H16N2O2/c1-18-11-5-6-13-12(9-11)10(7-8-16-13)3-2-4-14(15)17/h5-9H,2-4H2,1H3,(H2,15,17). The van der Waals surface area contributed by atoms with E-state index in [4.69, 9.17) is 10.5 Å². The van der Waals surface area contributed by atoms with Gasteiger partial charge in [-0.2, -0.15) is 0 Å². The fraction of sp³-hybridized carbons (Fsp3) is 0.286. The third-order valence-corrected chi connectivity index (χ3v) is 2.91. The van der Waals surface area contributed by atoms with E-state index in [1.807, 2.05) is 24.3 Å². The average molecular weight is 244 g/mol. The second kappa shape index (κ2) is 5.49. The molecule has 2 N–H and O–H groups in total. The number of hydrogen-bond donors (Lipinski definition) is 1. The topological polar surface area (TPSA) is 65.2 Å². The van der Waals surface area contributed by atoms with Crippen molar-refractivity contribution >= 4 is 16.8 Å². The van der Waals surface area contributed by atoms with E-state index < -0.39 is 0 Å². The van der Waals surface area contributed by atoms with Crippen LogP contribution in [0.25, 0.3) is 10.9 Å². The number of primary amides is 1. The fourth-order valence-electron chi connectivity index (χ4n) is 1.98. The van der Waals surface area contributed by atoms with Crippen molar-refractivity contribution in [1.82, 2.24) is 4.98 Å². The van der Waals surface area contributed by atoms with Crippen LogP contribution in [0.15, 0.2) is 30.5 Å². The van der Waals surface area contributed by atoms with Crippen LogP contribution in [0.2, 0.25) is 0 Å². The molecule has 2 rings (SSSR count). The molecule has 94 valence electrons. The number of nitrogens with zero attached hydrogens (tertiary/aromatic N) is 1. The van der Waals surface area contributed by atoms with Crippen molar-refractivity contribution < 1.29 is 9.53 Å². The quantitative estimate of drug-likeness (QED) is 0.875. The molecule has 0 aliphatic rings. The largest absolute Gasteiger partial charge is 0.497 e. The lowest BCUT2D eigenvalue weighted by molar-refractivity contribution is -0.118. The highest BCUT2D eigenvalue weighted by Crippen LogP contribution is 2.23. The van der Waals surface area contributed by atoms with Gasteiger partial charge in [-0.1, -0.05) is 0 Å². The van der Waals surface area contributed by atoms with Crippen LogP contribution < -0.4 is 10.5 Å². The highest BCUT2D eigenvalue weighted by atomic mass is 16.5. The van der Waals surface area contributed by atoms with Crippen LogP contribution in [0.5, 0.6) is 5.75 Å². The fourth-order valence-corrected chi connectivity index (χ4v) is 1.98. The summed E-state index contributed by atoms with van der Waals surface area (Å²) < 4.78 is 5.22. The van der Waals surface area contributed by atoms with Crippen LogP contribution in [-0.2, 0) is 11.2 Å². The number of benzene rings is 1. The van der Waals surface area contributed by atoms with Gasteiger partial charge in [-0.15, -0.1) is 0 Å². The van der Waals surface area contributed by atoms with Crippen molar-refractivity contribution in [3.63, 3.8) is 0 Å². The highest BCUT2D eigenvalue weighted by molar-refractivity contribution is 5.83. The molecular weight excluding hydrogens is 228 g/mol. The minimum Gasteiger partial charge on any atom is -0.497 e. The Kier molecular flexibility index (Phi) is 3.77. The van der Waals surface area contributed by atoms with E-state index in [0.29, 0.717) is 6.42 Å². The third-order valence-electron chi connectivity index (χ3n) is 2.91. The van der Waals surface area contributed by atoms with Crippen LogP contribution in [0.3, 0.4) is 0 Å². The van der Waals surface area contributed by atoms with Crippen molar-refractivity contribution in [2.24, 2.45) is 5.73 Å². The first kappa shape index (κ1) is 12.4. The van der Waals surface area contributed by atoms with Crippen molar-refractivity contribution in [3.8, 4) is 5.75 Å². The molecule has 0 saturated heterocycles. The molecule has 1 aromatic heterocycles. The average Bonchev–Trinajstić information content (AvgIpc) is 2.38. The second-order valence-corrected chi connectivity index (χ2v) is 4.17. The number of methoxy groups -OCH3 is 1. The highest BCUT2D eigenvalue weighted by Gasteiger charge is 2.04. The van der Waals surface area contributed by atoms with E-state index >= 15 is 0 Å². The molecule has 0 aliphatic carbocycles. The van der Waals surface area contributed by atoms with E-state index in [0.717, 1.165) is 29.5 Å². The molecule has 4 nitrogen and oxygen atoms in total. The smallest absolute Gasteiger partial charge is 0.217 e. The monoisotopic (exact) mass is 244 g/mol. The number of nitrogens with two attached hydrogens (primary N) is 1. The molecule has 4 heteroatoms. The second-order valence-electron chi connectivity index (χ2n) is 4.17. The number of pyridine rings is 1. The molecule has 0 radical (unpaired) electrons. The summed E-state index contributed by atoms with van der Waals surface area (Å²) in [6.07, 6.45) is 3.77. The molecule has 1 heterocycles.